The molecule has 3 aromatic heterocycles. The van der Waals surface area contributed by atoms with Gasteiger partial charge in [-0.15, -0.1) is 0 Å². The molecule has 0 saturated heterocycles. The van der Waals surface area contributed by atoms with E-state index >= 15 is 0 Å². The van der Waals surface area contributed by atoms with Crippen LogP contribution in [0.2, 0.25) is 0 Å². The summed E-state index contributed by atoms with van der Waals surface area (Å²) < 4.78 is 4.25. The summed E-state index contributed by atoms with van der Waals surface area (Å²) >= 11 is 0.524. The normalized spacial score (nSPS) is 11.4. The third-order valence-corrected chi connectivity index (χ3v) is 8.32. The summed E-state index contributed by atoms with van der Waals surface area (Å²) in [5.74, 6) is 2.21. The number of fused-ring (bicyclic) bond motifs is 20. The molecule has 9 rings (SSSR count). The van der Waals surface area contributed by atoms with Crippen LogP contribution in [0.25, 0.3) is 89.7 Å². The van der Waals surface area contributed by atoms with E-state index in [1.54, 1.807) is 0 Å². The van der Waals surface area contributed by atoms with E-state index in [4.69, 9.17) is 29.9 Å². The minimum Gasteiger partial charge on any atom is -0.622 e. The first-order valence-electron chi connectivity index (χ1n) is 14.3. The first kappa shape index (κ1) is 26.8. The van der Waals surface area contributed by atoms with Crippen molar-refractivity contribution < 1.29 is 8.58 Å². The Kier molecular flexibility index (Phi) is 6.41. The van der Waals surface area contributed by atoms with Crippen LogP contribution in [0.4, 0.5) is 0 Å². The maximum Gasteiger partial charge on any atom is 0.499 e. The predicted octanol–water partition coefficient (Wildman–Crippen LogP) is 5.97. The first-order valence-corrected chi connectivity index (χ1v) is 15.1. The lowest BCUT2D eigenvalue weighted by atomic mass is 10.1. The highest BCUT2D eigenvalue weighted by molar-refractivity contribution is 6.06. The van der Waals surface area contributed by atoms with E-state index in [2.05, 4.69) is 13.8 Å². The van der Waals surface area contributed by atoms with Crippen molar-refractivity contribution in [2.45, 2.75) is 6.92 Å². The number of aromatic amines is 2. The van der Waals surface area contributed by atoms with Crippen LogP contribution in [-0.4, -0.2) is 62.5 Å². The van der Waals surface area contributed by atoms with Crippen LogP contribution >= 0.6 is 0 Å². The summed E-state index contributed by atoms with van der Waals surface area (Å²) in [5, 5.41) is 3.82. The van der Waals surface area contributed by atoms with E-state index in [1.165, 1.54) is 6.92 Å². The quantitative estimate of drug-likeness (QED) is 0.203. The Labute approximate surface area is 264 Å². The first-order chi connectivity index (χ1) is 22.1. The molecule has 45 heavy (non-hydrogen) atoms. The molecule has 5 heterocycles. The molecule has 2 aliphatic heterocycles. The van der Waals surface area contributed by atoms with Gasteiger partial charge in [0.25, 0.3) is 5.97 Å². The monoisotopic (exact) mass is 602 g/mol. The molecular weight excluding hydrogens is 579 g/mol. The number of hydrogen-bond acceptors (Lipinski definition) is 8. The van der Waals surface area contributed by atoms with Crippen molar-refractivity contribution in [2.75, 3.05) is 0 Å². The van der Waals surface area contributed by atoms with Gasteiger partial charge in [0.15, 0.2) is 23.3 Å². The number of H-pyrrole nitrogens is 2. The van der Waals surface area contributed by atoms with E-state index < -0.39 is 0 Å². The Balaban J connectivity index is 0.000000560. The highest BCUT2D eigenvalue weighted by atomic mass is 27.1. The van der Waals surface area contributed by atoms with Gasteiger partial charge in [0.2, 0.25) is 0 Å². The van der Waals surface area contributed by atoms with Gasteiger partial charge in [-0.3, -0.25) is 4.79 Å². The third-order valence-electron chi connectivity index (χ3n) is 7.75. The van der Waals surface area contributed by atoms with E-state index in [1.807, 2.05) is 97.1 Å². The van der Waals surface area contributed by atoms with Gasteiger partial charge in [-0.2, -0.15) is 0 Å². The average molecular weight is 603 g/mol. The molecule has 214 valence electrons. The van der Waals surface area contributed by atoms with Gasteiger partial charge in [-0.05, 0) is 0 Å². The van der Waals surface area contributed by atoms with Crippen molar-refractivity contribution >= 4 is 66.7 Å². The van der Waals surface area contributed by atoms with Crippen molar-refractivity contribution in [3.63, 3.8) is 0 Å². The molecule has 8 bridgehead atoms. The third kappa shape index (κ3) is 4.62. The number of nitrogens with one attached hydrogen (secondary N) is 2. The van der Waals surface area contributed by atoms with Crippen LogP contribution < -0.4 is 0 Å². The Bertz CT molecular complexity index is 2170. The molecule has 0 atom stereocenters. The van der Waals surface area contributed by atoms with Gasteiger partial charge in [0.1, 0.15) is 22.6 Å². The molecule has 4 aromatic carbocycles. The van der Waals surface area contributed by atoms with Crippen molar-refractivity contribution in [1.29, 1.82) is 0 Å². The second-order valence-electron chi connectivity index (χ2n) is 10.5. The number of hydrogen-bond donors (Lipinski definition) is 2. The van der Waals surface area contributed by atoms with Crippen LogP contribution in [0, 0.1) is 0 Å². The number of carbonyl (C=O) groups excluding carboxylic acids is 1. The van der Waals surface area contributed by atoms with Crippen molar-refractivity contribution in [3.05, 3.63) is 97.1 Å². The van der Waals surface area contributed by atoms with Gasteiger partial charge in [0, 0.05) is 50.7 Å². The lowest BCUT2D eigenvalue weighted by Crippen LogP contribution is -1.90. The maximum absolute atomic E-state index is 9.62. The lowest BCUT2D eigenvalue weighted by Gasteiger charge is -1.96. The van der Waals surface area contributed by atoms with Gasteiger partial charge < -0.3 is 13.8 Å². The molecule has 0 unspecified atom stereocenters. The number of benzene rings is 4. The van der Waals surface area contributed by atoms with Crippen LogP contribution in [0.15, 0.2) is 97.1 Å². The molecule has 0 aliphatic carbocycles. The van der Waals surface area contributed by atoms with E-state index in [0.717, 1.165) is 43.8 Å². The highest BCUT2D eigenvalue weighted by Crippen LogP contribution is 2.36. The van der Waals surface area contributed by atoms with E-state index in [0.29, 0.717) is 62.5 Å². The molecule has 10 nitrogen and oxygen atoms in total. The van der Waals surface area contributed by atoms with Crippen LogP contribution in [0.5, 0.6) is 0 Å². The van der Waals surface area contributed by atoms with Crippen LogP contribution in [-0.2, 0) is 8.58 Å². The van der Waals surface area contributed by atoms with Crippen molar-refractivity contribution in [1.82, 2.24) is 39.9 Å². The zero-order valence-electron chi connectivity index (χ0n) is 24.2. The molecule has 0 amide bonds. The molecule has 0 radical (unpaired) electrons. The summed E-state index contributed by atoms with van der Waals surface area (Å²) in [6, 6.07) is 32.2. The molecule has 0 fully saturated rings. The van der Waals surface area contributed by atoms with Crippen LogP contribution in [0.3, 0.4) is 0 Å². The second kappa shape index (κ2) is 10.8. The minimum absolute atomic E-state index is 0.184. The number of rotatable bonds is 0. The number of aromatic nitrogens is 8. The fraction of sp³-hybridized carbons (Fsp3) is 0.0294. The summed E-state index contributed by atoms with van der Waals surface area (Å²) in [7, 11) is 0. The van der Waals surface area contributed by atoms with Crippen LogP contribution in [0.1, 0.15) is 6.92 Å². The molecule has 0 saturated carbocycles. The van der Waals surface area contributed by atoms with Gasteiger partial charge in [-0.1, -0.05) is 97.1 Å². The van der Waals surface area contributed by atoms with Crippen molar-refractivity contribution in [2.24, 2.45) is 0 Å². The molecule has 7 aromatic rings. The van der Waals surface area contributed by atoms with Gasteiger partial charge >= 0.3 is 16.6 Å². The fourth-order valence-electron chi connectivity index (χ4n) is 5.59. The Morgan fingerprint density at radius 1 is 0.489 bits per heavy atom. The maximum atomic E-state index is 9.62. The predicted molar refractivity (Wildman–Crippen MR) is 176 cm³/mol. The smallest absolute Gasteiger partial charge is 0.499 e. The Morgan fingerprint density at radius 3 is 0.978 bits per heavy atom. The SMILES string of the molecule is CC(=O)[O][AlH2].c1ccc2c(c1)-c1nc-2nc2[nH]c(nc3nc(nc4[nH]c(n1)c1ccccc41)-c1ccccc1-3)c1ccccc21. The summed E-state index contributed by atoms with van der Waals surface area (Å²) in [5.41, 5.74) is 6.45. The molecule has 2 aliphatic rings. The lowest BCUT2D eigenvalue weighted by molar-refractivity contribution is -0.131. The fourth-order valence-corrected chi connectivity index (χ4v) is 5.59. The standard InChI is InChI=1S/C32H18N8.C2H4O2.Al.2H/c1-2-10-18-17(9-1)25-33-26(18)38-28-21-13-5-6-14-22(21)30(35-28)40-32-24-16-8-7-15-23(24)31(36-32)39-29-20-12-4-3-11-19(20)27(34-29)37-25;1-2(3)4;;;/h1-16H,(H2,33,34,35,36,37,38,39,40);1H3,(H,3,4);;;/q;;+1;;/p-1. The Morgan fingerprint density at radius 2 is 0.733 bits per heavy atom. The van der Waals surface area contributed by atoms with Gasteiger partial charge in [0.05, 0.1) is 0 Å². The molecule has 2 N–H and O–H groups in total. The number of nitrogens with zero attached hydrogens (tertiary/aromatic N) is 6. The summed E-state index contributed by atoms with van der Waals surface area (Å²) in [6.45, 7) is 1.40. The van der Waals surface area contributed by atoms with Crippen molar-refractivity contribution in [3.8, 4) is 45.6 Å². The molecular formula is C34H23AlN8O2. The highest BCUT2D eigenvalue weighted by Gasteiger charge is 2.21. The summed E-state index contributed by atoms with van der Waals surface area (Å²) in [4.78, 5) is 46.4. The zero-order valence-corrected chi connectivity index (χ0v) is 26.2. The number of carbonyl (C=O) groups is 1. The topological polar surface area (TPSA) is 135 Å². The van der Waals surface area contributed by atoms with E-state index in [9.17, 15) is 4.79 Å². The largest absolute Gasteiger partial charge is 0.622 e. The zero-order chi connectivity index (χ0) is 30.5. The Hall–Kier alpha value is -5.76. The molecule has 0 spiro atoms. The van der Waals surface area contributed by atoms with E-state index in [-0.39, 0.29) is 5.97 Å². The summed E-state index contributed by atoms with van der Waals surface area (Å²) in [6.07, 6.45) is 0. The minimum atomic E-state index is -0.184. The van der Waals surface area contributed by atoms with Gasteiger partial charge in [-0.25, -0.2) is 29.9 Å². The average Bonchev–Trinajstić information content (AvgIpc) is 3.81. The molecule has 11 heteroatoms. The second-order valence-corrected chi connectivity index (χ2v) is 10.9.